The number of benzene rings is 2. The highest BCUT2D eigenvalue weighted by molar-refractivity contribution is 5.66. The summed E-state index contributed by atoms with van der Waals surface area (Å²) in [5, 5.41) is 0. The molecule has 0 atom stereocenters. The Bertz CT molecular complexity index is 924. The molecule has 152 valence electrons. The van der Waals surface area contributed by atoms with E-state index in [2.05, 4.69) is 79.8 Å². The molecule has 0 radical (unpaired) electrons. The van der Waals surface area contributed by atoms with Crippen molar-refractivity contribution >= 4 is 5.69 Å². The Hall–Kier alpha value is -2.59. The molecule has 4 rings (SSSR count). The maximum absolute atomic E-state index is 5.57. The molecule has 29 heavy (non-hydrogen) atoms. The van der Waals surface area contributed by atoms with E-state index in [0.29, 0.717) is 11.8 Å². The lowest BCUT2D eigenvalue weighted by molar-refractivity contribution is 0.122. The first-order chi connectivity index (χ1) is 14.1. The molecule has 4 heteroatoms. The number of rotatable bonds is 5. The van der Waals surface area contributed by atoms with E-state index in [1.54, 1.807) is 0 Å². The van der Waals surface area contributed by atoms with Gasteiger partial charge in [-0.25, -0.2) is 4.98 Å². The monoisotopic (exact) mass is 389 g/mol. The number of imidazole rings is 1. The standard InChI is InChI=1S/C25H31N3O/c1-18(2)22-16-21(27-12-14-29-15-13-27)17-23(19(3)4)24(22)28-11-10-26-25(28)20-8-6-5-7-9-20/h5-11,16-19H,12-15H2,1-4H3. The SMILES string of the molecule is CC(C)c1cc(N2CCOCC2)cc(C(C)C)c1-n1ccnc1-c1ccccc1. The first kappa shape index (κ1) is 19.7. The zero-order valence-corrected chi connectivity index (χ0v) is 17.9. The molecule has 0 saturated carbocycles. The Morgan fingerprint density at radius 1 is 0.897 bits per heavy atom. The van der Waals surface area contributed by atoms with Gasteiger partial charge in [0.2, 0.25) is 0 Å². The lowest BCUT2D eigenvalue weighted by Gasteiger charge is -2.32. The molecule has 1 aromatic heterocycles. The molecule has 4 nitrogen and oxygen atoms in total. The number of hydrogen-bond acceptors (Lipinski definition) is 3. The van der Waals surface area contributed by atoms with Crippen molar-refractivity contribution < 1.29 is 4.74 Å². The Labute approximate surface area is 174 Å². The van der Waals surface area contributed by atoms with Gasteiger partial charge in [-0.2, -0.15) is 0 Å². The van der Waals surface area contributed by atoms with Crippen LogP contribution in [0.1, 0.15) is 50.7 Å². The molecule has 3 aromatic rings. The van der Waals surface area contributed by atoms with E-state index in [9.17, 15) is 0 Å². The van der Waals surface area contributed by atoms with Gasteiger partial charge in [-0.15, -0.1) is 0 Å². The van der Waals surface area contributed by atoms with Crippen LogP contribution in [-0.2, 0) is 4.74 Å². The van der Waals surface area contributed by atoms with E-state index in [-0.39, 0.29) is 0 Å². The first-order valence-corrected chi connectivity index (χ1v) is 10.7. The van der Waals surface area contributed by atoms with Gasteiger partial charge in [0.1, 0.15) is 5.82 Å². The molecule has 2 aromatic carbocycles. The summed E-state index contributed by atoms with van der Waals surface area (Å²) < 4.78 is 7.85. The van der Waals surface area contributed by atoms with Crippen molar-refractivity contribution in [3.63, 3.8) is 0 Å². The third kappa shape index (κ3) is 3.95. The third-order valence-electron chi connectivity index (χ3n) is 5.69. The molecule has 1 aliphatic rings. The van der Waals surface area contributed by atoms with Gasteiger partial charge in [-0.1, -0.05) is 58.0 Å². The van der Waals surface area contributed by atoms with Gasteiger partial charge < -0.3 is 9.64 Å². The topological polar surface area (TPSA) is 30.3 Å². The summed E-state index contributed by atoms with van der Waals surface area (Å²) in [6, 6.07) is 15.2. The van der Waals surface area contributed by atoms with Crippen LogP contribution in [-0.4, -0.2) is 35.9 Å². The number of anilines is 1. The van der Waals surface area contributed by atoms with Gasteiger partial charge >= 0.3 is 0 Å². The Morgan fingerprint density at radius 2 is 1.52 bits per heavy atom. The molecule has 1 aliphatic heterocycles. The maximum Gasteiger partial charge on any atom is 0.144 e. The maximum atomic E-state index is 5.57. The lowest BCUT2D eigenvalue weighted by Crippen LogP contribution is -2.36. The second kappa shape index (κ2) is 8.42. The molecule has 0 bridgehead atoms. The molecular formula is C25H31N3O. The Kier molecular flexibility index (Phi) is 5.72. The first-order valence-electron chi connectivity index (χ1n) is 10.7. The highest BCUT2D eigenvalue weighted by Crippen LogP contribution is 2.37. The average molecular weight is 390 g/mol. The highest BCUT2D eigenvalue weighted by atomic mass is 16.5. The zero-order valence-electron chi connectivity index (χ0n) is 17.9. The summed E-state index contributed by atoms with van der Waals surface area (Å²) in [5.41, 5.74) is 6.47. The van der Waals surface area contributed by atoms with Gasteiger partial charge in [-0.05, 0) is 35.1 Å². The smallest absolute Gasteiger partial charge is 0.144 e. The van der Waals surface area contributed by atoms with Crippen molar-refractivity contribution in [1.29, 1.82) is 0 Å². The summed E-state index contributed by atoms with van der Waals surface area (Å²) in [5.74, 6) is 1.82. The quantitative estimate of drug-likeness (QED) is 0.567. The van der Waals surface area contributed by atoms with Crippen molar-refractivity contribution in [3.05, 3.63) is 66.0 Å². The van der Waals surface area contributed by atoms with Crippen molar-refractivity contribution in [2.45, 2.75) is 39.5 Å². The van der Waals surface area contributed by atoms with Gasteiger partial charge in [0.25, 0.3) is 0 Å². The number of morpholine rings is 1. The molecule has 0 N–H and O–H groups in total. The molecule has 1 saturated heterocycles. The minimum atomic E-state index is 0.412. The Balaban J connectivity index is 1.90. The van der Waals surface area contributed by atoms with E-state index >= 15 is 0 Å². The van der Waals surface area contributed by atoms with Crippen LogP contribution >= 0.6 is 0 Å². The zero-order chi connectivity index (χ0) is 20.4. The van der Waals surface area contributed by atoms with Crippen molar-refractivity contribution in [2.24, 2.45) is 0 Å². The van der Waals surface area contributed by atoms with Crippen molar-refractivity contribution in [3.8, 4) is 17.1 Å². The largest absolute Gasteiger partial charge is 0.378 e. The fourth-order valence-corrected chi connectivity index (χ4v) is 4.11. The molecular weight excluding hydrogens is 358 g/mol. The minimum Gasteiger partial charge on any atom is -0.378 e. The molecule has 0 amide bonds. The molecule has 1 fully saturated rings. The Morgan fingerprint density at radius 3 is 2.10 bits per heavy atom. The fraction of sp³-hybridized carbons (Fsp3) is 0.400. The summed E-state index contributed by atoms with van der Waals surface area (Å²) in [4.78, 5) is 7.17. The van der Waals surface area contributed by atoms with E-state index in [1.165, 1.54) is 22.5 Å². The number of ether oxygens (including phenoxy) is 1. The second-order valence-corrected chi connectivity index (χ2v) is 8.37. The molecule has 0 spiro atoms. The number of aromatic nitrogens is 2. The fourth-order valence-electron chi connectivity index (χ4n) is 4.11. The van der Waals surface area contributed by atoms with Gasteiger partial charge in [0.15, 0.2) is 0 Å². The number of hydrogen-bond donors (Lipinski definition) is 0. The molecule has 2 heterocycles. The molecule has 0 unspecified atom stereocenters. The van der Waals surface area contributed by atoms with E-state index in [1.807, 2.05) is 12.3 Å². The normalized spacial score (nSPS) is 14.8. The van der Waals surface area contributed by atoms with Crippen LogP contribution < -0.4 is 4.90 Å². The summed E-state index contributed by atoms with van der Waals surface area (Å²) in [6.07, 6.45) is 4.01. The second-order valence-electron chi connectivity index (χ2n) is 8.37. The van der Waals surface area contributed by atoms with Crippen molar-refractivity contribution in [2.75, 3.05) is 31.2 Å². The van der Waals surface area contributed by atoms with Gasteiger partial charge in [-0.3, -0.25) is 4.57 Å². The van der Waals surface area contributed by atoms with E-state index in [0.717, 1.165) is 37.7 Å². The minimum absolute atomic E-state index is 0.412. The van der Waals surface area contributed by atoms with Gasteiger partial charge in [0, 0.05) is 36.7 Å². The van der Waals surface area contributed by atoms with Crippen LogP contribution in [0.2, 0.25) is 0 Å². The van der Waals surface area contributed by atoms with Crippen LogP contribution in [0.25, 0.3) is 17.1 Å². The summed E-state index contributed by atoms with van der Waals surface area (Å²) in [6.45, 7) is 12.6. The van der Waals surface area contributed by atoms with Crippen LogP contribution in [0, 0.1) is 0 Å². The average Bonchev–Trinajstić information content (AvgIpc) is 3.23. The van der Waals surface area contributed by atoms with Crippen LogP contribution in [0.4, 0.5) is 5.69 Å². The van der Waals surface area contributed by atoms with Crippen LogP contribution in [0.15, 0.2) is 54.9 Å². The molecule has 0 aliphatic carbocycles. The van der Waals surface area contributed by atoms with Crippen LogP contribution in [0.5, 0.6) is 0 Å². The third-order valence-corrected chi connectivity index (χ3v) is 5.69. The van der Waals surface area contributed by atoms with Crippen LogP contribution in [0.3, 0.4) is 0 Å². The lowest BCUT2D eigenvalue weighted by atomic mass is 9.91. The number of nitrogens with zero attached hydrogens (tertiary/aromatic N) is 3. The highest BCUT2D eigenvalue weighted by Gasteiger charge is 2.22. The predicted octanol–water partition coefficient (Wildman–Crippen LogP) is 5.62. The van der Waals surface area contributed by atoms with Gasteiger partial charge in [0.05, 0.1) is 18.9 Å². The van der Waals surface area contributed by atoms with E-state index in [4.69, 9.17) is 9.72 Å². The predicted molar refractivity (Wildman–Crippen MR) is 120 cm³/mol. The summed E-state index contributed by atoms with van der Waals surface area (Å²) in [7, 11) is 0. The summed E-state index contributed by atoms with van der Waals surface area (Å²) >= 11 is 0. The van der Waals surface area contributed by atoms with Crippen molar-refractivity contribution in [1.82, 2.24) is 9.55 Å². The van der Waals surface area contributed by atoms with E-state index < -0.39 is 0 Å².